The van der Waals surface area contributed by atoms with E-state index < -0.39 is 108 Å². The van der Waals surface area contributed by atoms with Gasteiger partial charge in [-0.15, -0.1) is 0 Å². The first-order valence-electron chi connectivity index (χ1n) is 18.1. The second-order valence-electron chi connectivity index (χ2n) is 16.3. The van der Waals surface area contributed by atoms with E-state index in [-0.39, 0.29) is 31.4 Å². The minimum Gasteiger partial charge on any atom is -0.459 e. The number of hydrogen-bond acceptors (Lipinski definition) is 14. The highest BCUT2D eigenvalue weighted by atomic mass is 16.7. The van der Waals surface area contributed by atoms with Crippen molar-refractivity contribution in [2.45, 2.75) is 179 Å². The lowest BCUT2D eigenvalue weighted by Crippen LogP contribution is -2.61. The first-order chi connectivity index (χ1) is 22.9. The molecule has 10 unspecified atom stereocenters. The first-order valence-corrected chi connectivity index (χ1v) is 18.1. The number of nitrogens with zero attached hydrogens (tertiary/aromatic N) is 1. The van der Waals surface area contributed by atoms with Crippen LogP contribution in [0.4, 0.5) is 0 Å². The molecular formula is C36H65NO13. The Hall–Kier alpha value is -1.30. The summed E-state index contributed by atoms with van der Waals surface area (Å²) in [6.45, 7) is 15.8. The molecule has 6 N–H and O–H groups in total. The van der Waals surface area contributed by atoms with Gasteiger partial charge in [-0.05, 0) is 74.9 Å². The standard InChI is InChI=1S/C36H65NO13/c1-13-24-36(10,45)29(40)19(4)26(38)17(2)15-35(9,44)31(50-33-27(39)23(37(11)12)14-18(3)46-33)20(5)28(21(6)32(42)48-24)49-25-16-34(8,43)30(41)22(7)47-25/h17-25,27-31,33,39-41,43-45H,13-16H2,1-12H3/t17-,18?,19+,20+,21-,22?,23?,24-,25?,27?,28+,29-,30?,31-,33?,34?,35?,36?/m1/s1. The van der Waals surface area contributed by atoms with E-state index in [2.05, 4.69) is 0 Å². The molecule has 3 aliphatic rings. The normalized spacial score (nSPS) is 50.5. The molecule has 0 amide bonds. The maximum Gasteiger partial charge on any atom is 0.311 e. The summed E-state index contributed by atoms with van der Waals surface area (Å²) in [6, 6.07) is -0.337. The number of aliphatic hydroxyl groups is 6. The van der Waals surface area contributed by atoms with E-state index in [4.69, 9.17) is 23.7 Å². The molecule has 14 nitrogen and oxygen atoms in total. The Morgan fingerprint density at radius 3 is 1.98 bits per heavy atom. The molecule has 3 heterocycles. The topological polar surface area (TPSA) is 205 Å². The highest BCUT2D eigenvalue weighted by Crippen LogP contribution is 2.40. The predicted octanol–water partition coefficient (Wildman–Crippen LogP) is 1.13. The lowest BCUT2D eigenvalue weighted by atomic mass is 9.74. The number of hydrogen-bond donors (Lipinski definition) is 6. The van der Waals surface area contributed by atoms with Gasteiger partial charge in [0.2, 0.25) is 0 Å². The molecule has 0 aromatic heterocycles. The summed E-state index contributed by atoms with van der Waals surface area (Å²) in [6.07, 6.45) is -10.7. The summed E-state index contributed by atoms with van der Waals surface area (Å²) in [7, 11) is 3.67. The van der Waals surface area contributed by atoms with Gasteiger partial charge in [0, 0.05) is 30.2 Å². The third-order valence-electron chi connectivity index (χ3n) is 11.4. The zero-order valence-electron chi connectivity index (χ0n) is 32.0. The maximum absolute atomic E-state index is 14.0. The number of ether oxygens (including phenoxy) is 5. The predicted molar refractivity (Wildman–Crippen MR) is 181 cm³/mol. The van der Waals surface area contributed by atoms with Crippen LogP contribution in [0.15, 0.2) is 0 Å². The number of aliphatic hydroxyl groups excluding tert-OH is 3. The highest BCUT2D eigenvalue weighted by molar-refractivity contribution is 5.83. The molecule has 3 aliphatic heterocycles. The van der Waals surface area contributed by atoms with Crippen molar-refractivity contribution < 1.29 is 63.9 Å². The Labute approximate surface area is 297 Å². The van der Waals surface area contributed by atoms with Gasteiger partial charge in [0.15, 0.2) is 12.6 Å². The Kier molecular flexibility index (Phi) is 14.1. The minimum absolute atomic E-state index is 0.118. The molecule has 3 fully saturated rings. The number of carbonyl (C=O) groups is 2. The van der Waals surface area contributed by atoms with Gasteiger partial charge in [-0.2, -0.15) is 0 Å². The van der Waals surface area contributed by atoms with Crippen molar-refractivity contribution >= 4 is 11.8 Å². The van der Waals surface area contributed by atoms with Gasteiger partial charge in [-0.3, -0.25) is 9.59 Å². The lowest BCUT2D eigenvalue weighted by molar-refractivity contribution is -0.316. The van der Waals surface area contributed by atoms with Crippen molar-refractivity contribution in [1.29, 1.82) is 0 Å². The van der Waals surface area contributed by atoms with Crippen LogP contribution >= 0.6 is 0 Å². The van der Waals surface area contributed by atoms with Crippen molar-refractivity contribution in [2.75, 3.05) is 14.1 Å². The van der Waals surface area contributed by atoms with E-state index in [1.165, 1.54) is 27.7 Å². The molecule has 14 heteroatoms. The number of likely N-dealkylation sites (N-methyl/N-ethyl adjacent to an activating group) is 1. The van der Waals surface area contributed by atoms with Crippen molar-refractivity contribution in [3.8, 4) is 0 Å². The van der Waals surface area contributed by atoms with Crippen LogP contribution in [-0.4, -0.2) is 146 Å². The van der Waals surface area contributed by atoms with Crippen LogP contribution in [0.2, 0.25) is 0 Å². The molecule has 50 heavy (non-hydrogen) atoms. The van der Waals surface area contributed by atoms with Crippen LogP contribution in [0.5, 0.6) is 0 Å². The second kappa shape index (κ2) is 16.4. The number of Topliss-reactive ketones (excluding diaryl/α,β-unsaturated/α-hetero) is 1. The van der Waals surface area contributed by atoms with Gasteiger partial charge in [0.05, 0.1) is 47.6 Å². The fourth-order valence-electron chi connectivity index (χ4n) is 8.22. The van der Waals surface area contributed by atoms with Crippen molar-refractivity contribution in [2.24, 2.45) is 23.7 Å². The zero-order chi connectivity index (χ0) is 38.3. The van der Waals surface area contributed by atoms with Crippen LogP contribution < -0.4 is 0 Å². The summed E-state index contributed by atoms with van der Waals surface area (Å²) in [5.74, 6) is -5.14. The summed E-state index contributed by atoms with van der Waals surface area (Å²) < 4.78 is 31.0. The molecule has 3 rings (SSSR count). The van der Waals surface area contributed by atoms with Crippen LogP contribution in [0, 0.1) is 23.7 Å². The van der Waals surface area contributed by atoms with E-state index in [0.29, 0.717) is 6.42 Å². The van der Waals surface area contributed by atoms with E-state index in [1.54, 1.807) is 34.6 Å². The van der Waals surface area contributed by atoms with Gasteiger partial charge < -0.3 is 59.2 Å². The maximum atomic E-state index is 14.0. The average Bonchev–Trinajstić information content (AvgIpc) is 3.01. The van der Waals surface area contributed by atoms with E-state index in [0.717, 1.165) is 0 Å². The van der Waals surface area contributed by atoms with Crippen molar-refractivity contribution in [3.05, 3.63) is 0 Å². The van der Waals surface area contributed by atoms with E-state index in [9.17, 15) is 40.2 Å². The average molecular weight is 720 g/mol. The SMILES string of the molecule is CC[C@H]1OC(=O)[C@H](C)[C@@H](OC2CC(C)(O)C(O)C(C)O2)[C@H](C)[C@@H](OC2OC(C)CC(N(C)C)C2O)C(C)(O)C[C@@H](C)C(=O)[C@H](C)[C@@H](O)C1(C)O. The molecule has 0 aromatic rings. The molecule has 0 saturated carbocycles. The van der Waals surface area contributed by atoms with Crippen LogP contribution in [-0.2, 0) is 33.3 Å². The molecule has 0 aliphatic carbocycles. The van der Waals surface area contributed by atoms with Gasteiger partial charge in [-0.1, -0.05) is 27.7 Å². The third kappa shape index (κ3) is 9.25. The summed E-state index contributed by atoms with van der Waals surface area (Å²) in [5, 5.41) is 68.1. The lowest BCUT2D eigenvalue weighted by Gasteiger charge is -2.48. The smallest absolute Gasteiger partial charge is 0.311 e. The molecule has 3 saturated heterocycles. The fraction of sp³-hybridized carbons (Fsp3) is 0.944. The monoisotopic (exact) mass is 719 g/mol. The van der Waals surface area contributed by atoms with Gasteiger partial charge in [0.25, 0.3) is 0 Å². The second-order valence-corrected chi connectivity index (χ2v) is 16.3. The molecular weight excluding hydrogens is 654 g/mol. The number of rotatable bonds is 6. The quantitative estimate of drug-likeness (QED) is 0.213. The Bertz CT molecular complexity index is 1150. The van der Waals surface area contributed by atoms with E-state index >= 15 is 0 Å². The van der Waals surface area contributed by atoms with Crippen LogP contribution in [0.1, 0.15) is 94.9 Å². The molecule has 0 bridgehead atoms. The molecule has 292 valence electrons. The zero-order valence-corrected chi connectivity index (χ0v) is 32.0. The Balaban J connectivity index is 2.17. The van der Waals surface area contributed by atoms with Gasteiger partial charge in [0.1, 0.15) is 29.7 Å². The number of cyclic esters (lactones) is 1. The van der Waals surface area contributed by atoms with Crippen LogP contribution in [0.3, 0.4) is 0 Å². The summed E-state index contributed by atoms with van der Waals surface area (Å²) >= 11 is 0. The molecule has 18 atom stereocenters. The fourth-order valence-corrected chi connectivity index (χ4v) is 8.22. The summed E-state index contributed by atoms with van der Waals surface area (Å²) in [4.78, 5) is 29.6. The molecule has 0 aromatic carbocycles. The first kappa shape index (κ1) is 43.1. The Morgan fingerprint density at radius 2 is 1.44 bits per heavy atom. The minimum atomic E-state index is -2.01. The van der Waals surface area contributed by atoms with Crippen LogP contribution in [0.25, 0.3) is 0 Å². The highest BCUT2D eigenvalue weighted by Gasteiger charge is 2.53. The van der Waals surface area contributed by atoms with E-state index in [1.807, 2.05) is 25.9 Å². The van der Waals surface area contributed by atoms with Gasteiger partial charge in [-0.25, -0.2) is 0 Å². The van der Waals surface area contributed by atoms with Crippen molar-refractivity contribution in [1.82, 2.24) is 4.90 Å². The molecule has 0 spiro atoms. The summed E-state index contributed by atoms with van der Waals surface area (Å²) in [5.41, 5.74) is -5.42. The number of ketones is 1. The van der Waals surface area contributed by atoms with Gasteiger partial charge >= 0.3 is 5.97 Å². The molecule has 0 radical (unpaired) electrons. The number of esters is 1. The van der Waals surface area contributed by atoms with Crippen molar-refractivity contribution in [3.63, 3.8) is 0 Å². The third-order valence-corrected chi connectivity index (χ3v) is 11.4. The number of carbonyl (C=O) groups excluding carboxylic acids is 2. The largest absolute Gasteiger partial charge is 0.459 e. The Morgan fingerprint density at radius 1 is 0.840 bits per heavy atom.